The van der Waals surface area contributed by atoms with Crippen LogP contribution in [-0.2, 0) is 19.1 Å². The molecule has 0 aromatic carbocycles. The first kappa shape index (κ1) is 27.2. The average molecular weight is 475 g/mol. The van der Waals surface area contributed by atoms with Crippen molar-refractivity contribution in [2.24, 2.45) is 11.8 Å². The highest BCUT2D eigenvalue weighted by Gasteiger charge is 2.33. The lowest BCUT2D eigenvalue weighted by Crippen LogP contribution is -2.39. The fraction of sp³-hybridized carbons (Fsp3) is 0.577. The van der Waals surface area contributed by atoms with Crippen LogP contribution in [0.15, 0.2) is 47.0 Å². The topological polar surface area (TPSA) is 105 Å². The van der Waals surface area contributed by atoms with Gasteiger partial charge in [0, 0.05) is 30.8 Å². The molecule has 2 rings (SSSR count). The van der Waals surface area contributed by atoms with E-state index in [4.69, 9.17) is 14.6 Å². The molecule has 0 saturated heterocycles. The number of rotatable bonds is 10. The molecule has 0 spiro atoms. The van der Waals surface area contributed by atoms with Crippen LogP contribution in [0.1, 0.15) is 60.8 Å². The van der Waals surface area contributed by atoms with Crippen LogP contribution in [0, 0.1) is 11.8 Å². The molecule has 0 bridgehead atoms. The number of carboxylic acids is 1. The molecule has 2 N–H and O–H groups in total. The van der Waals surface area contributed by atoms with E-state index in [1.54, 1.807) is 26.8 Å². The second-order valence-electron chi connectivity index (χ2n) is 9.98. The summed E-state index contributed by atoms with van der Waals surface area (Å²) in [7, 11) is 0. The van der Waals surface area contributed by atoms with Crippen molar-refractivity contribution >= 4 is 17.8 Å². The monoisotopic (exact) mass is 474 g/mol. The van der Waals surface area contributed by atoms with E-state index in [1.165, 1.54) is 6.08 Å². The predicted molar refractivity (Wildman–Crippen MR) is 130 cm³/mol. The molecule has 8 nitrogen and oxygen atoms in total. The molecule has 0 radical (unpaired) electrons. The van der Waals surface area contributed by atoms with Gasteiger partial charge in [0.2, 0.25) is 0 Å². The van der Waals surface area contributed by atoms with Crippen molar-refractivity contribution in [2.45, 2.75) is 66.4 Å². The number of ketones is 1. The van der Waals surface area contributed by atoms with Crippen LogP contribution in [0.4, 0.5) is 4.79 Å². The summed E-state index contributed by atoms with van der Waals surface area (Å²) < 4.78 is 11.6. The minimum absolute atomic E-state index is 0.0692. The van der Waals surface area contributed by atoms with Gasteiger partial charge in [0.15, 0.2) is 0 Å². The van der Waals surface area contributed by atoms with Crippen LogP contribution >= 0.6 is 0 Å². The normalized spacial score (nSPS) is 18.6. The molecule has 0 saturated carbocycles. The first-order valence-corrected chi connectivity index (χ1v) is 11.9. The number of ether oxygens (including phenoxy) is 2. The number of carbonyl (C=O) groups is 3. The molecule has 1 unspecified atom stereocenters. The van der Waals surface area contributed by atoms with Crippen LogP contribution in [0.2, 0.25) is 0 Å². The molecule has 2 aliphatic rings. The number of allylic oxidation sites excluding steroid dienone is 3. The van der Waals surface area contributed by atoms with Crippen LogP contribution in [-0.4, -0.2) is 53.1 Å². The second kappa shape index (κ2) is 11.9. The van der Waals surface area contributed by atoms with Crippen LogP contribution in [0.25, 0.3) is 0 Å². The second-order valence-corrected chi connectivity index (χ2v) is 9.98. The zero-order valence-corrected chi connectivity index (χ0v) is 21.1. The van der Waals surface area contributed by atoms with Gasteiger partial charge in [-0.25, -0.2) is 9.59 Å². The smallest absolute Gasteiger partial charge is 0.407 e. The summed E-state index contributed by atoms with van der Waals surface area (Å²) in [6.07, 6.45) is 7.57. The molecule has 1 amide bonds. The van der Waals surface area contributed by atoms with Gasteiger partial charge in [-0.2, -0.15) is 0 Å². The molecule has 8 heteroatoms. The number of carboxylic acid groups (broad SMARTS) is 1. The van der Waals surface area contributed by atoms with Gasteiger partial charge >= 0.3 is 12.1 Å². The zero-order valence-electron chi connectivity index (χ0n) is 21.1. The first-order chi connectivity index (χ1) is 15.9. The number of alkyl carbamates (subject to hydrolysis) is 1. The van der Waals surface area contributed by atoms with Gasteiger partial charge in [-0.3, -0.25) is 4.79 Å². The minimum Gasteiger partial charge on any atom is -0.491 e. The fourth-order valence-electron chi connectivity index (χ4n) is 3.71. The average Bonchev–Trinajstić information content (AvgIpc) is 2.70. The predicted octanol–water partition coefficient (Wildman–Crippen LogP) is 4.55. The van der Waals surface area contributed by atoms with Crippen LogP contribution in [0.5, 0.6) is 0 Å². The third-order valence-corrected chi connectivity index (χ3v) is 5.15. The van der Waals surface area contributed by atoms with Gasteiger partial charge in [0.05, 0.1) is 24.8 Å². The Hall–Kier alpha value is -3.03. The quantitative estimate of drug-likeness (QED) is 0.353. The Morgan fingerprint density at radius 3 is 2.62 bits per heavy atom. The molecule has 0 aromatic heterocycles. The van der Waals surface area contributed by atoms with E-state index < -0.39 is 23.6 Å². The zero-order chi connectivity index (χ0) is 25.5. The van der Waals surface area contributed by atoms with Crippen LogP contribution < -0.4 is 5.32 Å². The lowest BCUT2D eigenvalue weighted by molar-refractivity contribution is -0.131. The maximum absolute atomic E-state index is 12.7. The Morgan fingerprint density at radius 2 is 2.03 bits per heavy atom. The largest absolute Gasteiger partial charge is 0.491 e. The van der Waals surface area contributed by atoms with E-state index in [1.807, 2.05) is 11.1 Å². The highest BCUT2D eigenvalue weighted by Crippen LogP contribution is 2.38. The van der Waals surface area contributed by atoms with Gasteiger partial charge in [0.25, 0.3) is 0 Å². The third kappa shape index (κ3) is 8.08. The highest BCUT2D eigenvalue weighted by atomic mass is 16.6. The number of nitrogens with one attached hydrogen (secondary N) is 1. The number of aliphatic carboxylic acids is 1. The number of hydrogen-bond donors (Lipinski definition) is 2. The molecule has 0 fully saturated rings. The summed E-state index contributed by atoms with van der Waals surface area (Å²) in [5, 5.41) is 11.8. The van der Waals surface area contributed by atoms with Crippen molar-refractivity contribution in [3.05, 3.63) is 47.0 Å². The SMILES string of the molecule is CCCCOC1=C(CNC(=O)OC(C)(C)C)N(CC(C)C)C=C2CC(=O)C(/C=C/C(=O)O)C=C21. The number of nitrogens with zero attached hydrogens (tertiary/aromatic N) is 1. The van der Waals surface area contributed by atoms with Crippen molar-refractivity contribution < 1.29 is 29.0 Å². The molecule has 188 valence electrons. The summed E-state index contributed by atoms with van der Waals surface area (Å²) in [5.74, 6) is -0.883. The van der Waals surface area contributed by atoms with Crippen molar-refractivity contribution in [3.8, 4) is 0 Å². The Balaban J connectivity index is 2.49. The summed E-state index contributed by atoms with van der Waals surface area (Å²) in [6, 6.07) is 0. The lowest BCUT2D eigenvalue weighted by Gasteiger charge is -2.36. The van der Waals surface area contributed by atoms with E-state index in [0.717, 1.165) is 35.8 Å². The highest BCUT2D eigenvalue weighted by molar-refractivity contribution is 5.91. The third-order valence-electron chi connectivity index (χ3n) is 5.15. The Kier molecular flexibility index (Phi) is 9.53. The standard InChI is InChI=1S/C26H38N2O6/c1-7-8-11-33-24-20-12-18(9-10-23(30)31)22(29)13-19(20)16-28(15-17(2)3)21(24)14-27-25(32)34-26(4,5)6/h9-10,12,16-18H,7-8,11,13-15H2,1-6H3,(H,27,32)(H,30,31)/b10-9+. The van der Waals surface area contributed by atoms with Crippen molar-refractivity contribution in [2.75, 3.05) is 19.7 Å². The number of hydrogen-bond acceptors (Lipinski definition) is 6. The number of fused-ring (bicyclic) bond motifs is 1. The summed E-state index contributed by atoms with van der Waals surface area (Å²) in [6.45, 7) is 13.0. The number of carbonyl (C=O) groups excluding carboxylic acids is 2. The molecular formula is C26H38N2O6. The molecule has 1 aliphatic heterocycles. The summed E-state index contributed by atoms with van der Waals surface area (Å²) in [4.78, 5) is 38.1. The van der Waals surface area contributed by atoms with Crippen molar-refractivity contribution in [1.82, 2.24) is 10.2 Å². The molecule has 1 heterocycles. The molecular weight excluding hydrogens is 436 g/mol. The van der Waals surface area contributed by atoms with E-state index in [-0.39, 0.29) is 18.7 Å². The Bertz CT molecular complexity index is 905. The maximum atomic E-state index is 12.7. The Labute approximate surface area is 202 Å². The van der Waals surface area contributed by atoms with Crippen molar-refractivity contribution in [3.63, 3.8) is 0 Å². The fourth-order valence-corrected chi connectivity index (χ4v) is 3.71. The lowest BCUT2D eigenvalue weighted by atomic mass is 9.82. The van der Waals surface area contributed by atoms with E-state index in [9.17, 15) is 14.4 Å². The summed E-state index contributed by atoms with van der Waals surface area (Å²) in [5.41, 5.74) is 1.77. The van der Waals surface area contributed by atoms with E-state index in [0.29, 0.717) is 24.8 Å². The molecule has 1 aliphatic carbocycles. The molecule has 34 heavy (non-hydrogen) atoms. The van der Waals surface area contributed by atoms with Gasteiger partial charge in [0.1, 0.15) is 17.1 Å². The van der Waals surface area contributed by atoms with Gasteiger partial charge in [-0.1, -0.05) is 39.3 Å². The van der Waals surface area contributed by atoms with Crippen LogP contribution in [0.3, 0.4) is 0 Å². The molecule has 0 aromatic rings. The minimum atomic E-state index is -1.10. The van der Waals surface area contributed by atoms with Gasteiger partial charge in [-0.05, 0) is 38.7 Å². The van der Waals surface area contributed by atoms with Gasteiger partial charge < -0.3 is 24.8 Å². The number of unbranched alkanes of at least 4 members (excludes halogenated alkanes) is 1. The summed E-state index contributed by atoms with van der Waals surface area (Å²) >= 11 is 0. The number of Topliss-reactive ketones (excluding diaryl/α,β-unsaturated/α-hetero) is 1. The maximum Gasteiger partial charge on any atom is 0.407 e. The van der Waals surface area contributed by atoms with Gasteiger partial charge in [-0.15, -0.1) is 0 Å². The van der Waals surface area contributed by atoms with E-state index in [2.05, 4.69) is 26.1 Å². The first-order valence-electron chi connectivity index (χ1n) is 11.9. The van der Waals surface area contributed by atoms with Crippen molar-refractivity contribution in [1.29, 1.82) is 0 Å². The number of amides is 1. The van der Waals surface area contributed by atoms with E-state index >= 15 is 0 Å². The Morgan fingerprint density at radius 1 is 1.32 bits per heavy atom. The molecule has 1 atom stereocenters.